The molecule has 0 aliphatic carbocycles. The molecule has 1 heterocycles. The number of nitrogens with two attached hydrogens (primary N) is 1. The predicted octanol–water partition coefficient (Wildman–Crippen LogP) is 1.99. The van der Waals surface area contributed by atoms with Crippen LogP contribution in [-0.2, 0) is 10.0 Å². The van der Waals surface area contributed by atoms with Crippen LogP contribution >= 0.6 is 0 Å². The fourth-order valence-corrected chi connectivity index (χ4v) is 2.91. The highest BCUT2D eigenvalue weighted by molar-refractivity contribution is 7.92. The minimum atomic E-state index is -4.09. The molecule has 2 aromatic rings. The van der Waals surface area contributed by atoms with E-state index in [1.54, 1.807) is 4.68 Å². The Hall–Kier alpha value is -2.09. The molecule has 0 radical (unpaired) electrons. The molecular formula is C12H15FN4O2S. The molecule has 1 aromatic carbocycles. The third-order valence-electron chi connectivity index (χ3n) is 2.65. The van der Waals surface area contributed by atoms with E-state index in [0.717, 1.165) is 6.07 Å². The molecule has 0 unspecified atom stereocenters. The topological polar surface area (TPSA) is 90.0 Å². The number of nitrogens with zero attached hydrogens (tertiary/aromatic N) is 2. The Bertz CT molecular complexity index is 705. The molecule has 0 fully saturated rings. The Balaban J connectivity index is 2.36. The van der Waals surface area contributed by atoms with E-state index in [-0.39, 0.29) is 17.4 Å². The van der Waals surface area contributed by atoms with Crippen molar-refractivity contribution in [2.45, 2.75) is 24.8 Å². The molecule has 0 saturated heterocycles. The van der Waals surface area contributed by atoms with Gasteiger partial charge in [0.25, 0.3) is 10.0 Å². The first-order valence-corrected chi connectivity index (χ1v) is 7.40. The summed E-state index contributed by atoms with van der Waals surface area (Å²) in [7, 11) is -4.09. The molecule has 0 aliphatic heterocycles. The van der Waals surface area contributed by atoms with E-state index >= 15 is 0 Å². The highest BCUT2D eigenvalue weighted by Gasteiger charge is 2.22. The van der Waals surface area contributed by atoms with Gasteiger partial charge in [-0.1, -0.05) is 6.07 Å². The Morgan fingerprint density at radius 3 is 2.65 bits per heavy atom. The van der Waals surface area contributed by atoms with Gasteiger partial charge in [-0.2, -0.15) is 5.10 Å². The number of aromatic nitrogens is 2. The van der Waals surface area contributed by atoms with Gasteiger partial charge in [0.15, 0.2) is 0 Å². The first kappa shape index (κ1) is 14.3. The van der Waals surface area contributed by atoms with Gasteiger partial charge in [-0.05, 0) is 26.0 Å². The van der Waals surface area contributed by atoms with Crippen molar-refractivity contribution >= 4 is 21.4 Å². The molecule has 20 heavy (non-hydrogen) atoms. The number of hydrogen-bond donors (Lipinski definition) is 2. The maximum atomic E-state index is 13.7. The molecule has 0 saturated carbocycles. The molecule has 0 atom stereocenters. The molecule has 108 valence electrons. The minimum absolute atomic E-state index is 0.0896. The Morgan fingerprint density at radius 2 is 2.10 bits per heavy atom. The minimum Gasteiger partial charge on any atom is -0.398 e. The van der Waals surface area contributed by atoms with Crippen LogP contribution in [0.15, 0.2) is 35.5 Å². The van der Waals surface area contributed by atoms with E-state index in [4.69, 9.17) is 5.73 Å². The number of nitrogen functional groups attached to an aromatic ring is 1. The average Bonchev–Trinajstić information content (AvgIpc) is 2.76. The lowest BCUT2D eigenvalue weighted by atomic mass is 10.3. The molecule has 3 N–H and O–H groups in total. The first-order chi connectivity index (χ1) is 9.31. The van der Waals surface area contributed by atoms with Crippen LogP contribution in [0.1, 0.15) is 19.9 Å². The van der Waals surface area contributed by atoms with Crippen LogP contribution in [0, 0.1) is 5.82 Å². The van der Waals surface area contributed by atoms with Gasteiger partial charge in [0.05, 0.1) is 17.6 Å². The lowest BCUT2D eigenvalue weighted by Gasteiger charge is -2.09. The van der Waals surface area contributed by atoms with Crippen LogP contribution in [0.3, 0.4) is 0 Å². The van der Waals surface area contributed by atoms with E-state index in [1.807, 2.05) is 13.8 Å². The van der Waals surface area contributed by atoms with Crippen LogP contribution in [0.4, 0.5) is 15.8 Å². The normalized spacial score (nSPS) is 11.8. The van der Waals surface area contributed by atoms with E-state index in [2.05, 4.69) is 9.82 Å². The fraction of sp³-hybridized carbons (Fsp3) is 0.250. The van der Waals surface area contributed by atoms with Gasteiger partial charge in [-0.25, -0.2) is 12.8 Å². The van der Waals surface area contributed by atoms with E-state index < -0.39 is 20.7 Å². The van der Waals surface area contributed by atoms with Crippen LogP contribution in [0.25, 0.3) is 0 Å². The number of rotatable bonds is 4. The van der Waals surface area contributed by atoms with Crippen LogP contribution in [0.2, 0.25) is 0 Å². The van der Waals surface area contributed by atoms with Gasteiger partial charge < -0.3 is 5.73 Å². The zero-order valence-electron chi connectivity index (χ0n) is 11.0. The van der Waals surface area contributed by atoms with Crippen molar-refractivity contribution in [2.75, 3.05) is 10.5 Å². The summed E-state index contributed by atoms with van der Waals surface area (Å²) in [5.74, 6) is -0.895. The molecule has 1 aromatic heterocycles. The van der Waals surface area contributed by atoms with Crippen molar-refractivity contribution < 1.29 is 12.8 Å². The summed E-state index contributed by atoms with van der Waals surface area (Å²) in [6.45, 7) is 3.81. The molecule has 2 rings (SSSR count). The molecule has 6 nitrogen and oxygen atoms in total. The predicted molar refractivity (Wildman–Crippen MR) is 74.2 cm³/mol. The van der Waals surface area contributed by atoms with Gasteiger partial charge in [0.2, 0.25) is 0 Å². The standard InChI is InChI=1S/C12H15FN4O2S/c1-8(2)17-7-9(6-15-17)16-20(18,19)12-10(13)4-3-5-11(12)14/h3-8,16H,14H2,1-2H3. The summed E-state index contributed by atoms with van der Waals surface area (Å²) >= 11 is 0. The van der Waals surface area contributed by atoms with Crippen LogP contribution < -0.4 is 10.5 Å². The average molecular weight is 298 g/mol. The lowest BCUT2D eigenvalue weighted by molar-refractivity contribution is 0.532. The monoisotopic (exact) mass is 298 g/mol. The van der Waals surface area contributed by atoms with E-state index in [1.165, 1.54) is 24.5 Å². The van der Waals surface area contributed by atoms with Crippen molar-refractivity contribution in [3.8, 4) is 0 Å². The van der Waals surface area contributed by atoms with Crippen molar-refractivity contribution in [2.24, 2.45) is 0 Å². The smallest absolute Gasteiger partial charge is 0.266 e. The van der Waals surface area contributed by atoms with Crippen LogP contribution in [0.5, 0.6) is 0 Å². The van der Waals surface area contributed by atoms with E-state index in [0.29, 0.717) is 0 Å². The molecule has 0 bridgehead atoms. The summed E-state index contributed by atoms with van der Waals surface area (Å²) in [6, 6.07) is 3.81. The first-order valence-electron chi connectivity index (χ1n) is 5.92. The van der Waals surface area contributed by atoms with Gasteiger partial charge in [-0.3, -0.25) is 9.40 Å². The Labute approximate surface area is 116 Å². The second-order valence-corrected chi connectivity index (χ2v) is 6.19. The number of sulfonamides is 1. The summed E-state index contributed by atoms with van der Waals surface area (Å²) in [6.07, 6.45) is 2.88. The third kappa shape index (κ3) is 2.74. The largest absolute Gasteiger partial charge is 0.398 e. The second kappa shape index (κ2) is 5.12. The number of anilines is 2. The molecule has 0 amide bonds. The highest BCUT2D eigenvalue weighted by atomic mass is 32.2. The van der Waals surface area contributed by atoms with Gasteiger partial charge in [-0.15, -0.1) is 0 Å². The number of hydrogen-bond acceptors (Lipinski definition) is 4. The summed E-state index contributed by atoms with van der Waals surface area (Å²) in [4.78, 5) is -0.558. The summed E-state index contributed by atoms with van der Waals surface area (Å²) < 4.78 is 41.8. The SMILES string of the molecule is CC(C)n1cc(NS(=O)(=O)c2c(N)cccc2F)cn1. The quantitative estimate of drug-likeness (QED) is 0.845. The van der Waals surface area contributed by atoms with Gasteiger partial charge in [0, 0.05) is 12.2 Å². The summed E-state index contributed by atoms with van der Waals surface area (Å²) in [5, 5.41) is 4.00. The zero-order chi connectivity index (χ0) is 14.9. The maximum Gasteiger partial charge on any atom is 0.266 e. The third-order valence-corrected chi connectivity index (χ3v) is 4.12. The molecule has 8 heteroatoms. The Morgan fingerprint density at radius 1 is 1.40 bits per heavy atom. The number of halogens is 1. The summed E-state index contributed by atoms with van der Waals surface area (Å²) in [5.41, 5.74) is 5.64. The number of nitrogens with one attached hydrogen (secondary N) is 1. The second-order valence-electron chi connectivity index (χ2n) is 4.57. The van der Waals surface area contributed by atoms with Gasteiger partial charge >= 0.3 is 0 Å². The molecular weight excluding hydrogens is 283 g/mol. The maximum absolute atomic E-state index is 13.7. The van der Waals surface area contributed by atoms with Crippen molar-refractivity contribution in [3.63, 3.8) is 0 Å². The van der Waals surface area contributed by atoms with Crippen molar-refractivity contribution in [3.05, 3.63) is 36.4 Å². The molecule has 0 spiro atoms. The van der Waals surface area contributed by atoms with Crippen molar-refractivity contribution in [1.82, 2.24) is 9.78 Å². The Kier molecular flexibility index (Phi) is 3.67. The highest BCUT2D eigenvalue weighted by Crippen LogP contribution is 2.24. The fourth-order valence-electron chi connectivity index (χ4n) is 1.69. The van der Waals surface area contributed by atoms with Gasteiger partial charge in [0.1, 0.15) is 10.7 Å². The molecule has 0 aliphatic rings. The lowest BCUT2D eigenvalue weighted by Crippen LogP contribution is -2.16. The van der Waals surface area contributed by atoms with E-state index in [9.17, 15) is 12.8 Å². The van der Waals surface area contributed by atoms with Crippen LogP contribution in [-0.4, -0.2) is 18.2 Å². The zero-order valence-corrected chi connectivity index (χ0v) is 11.9. The van der Waals surface area contributed by atoms with Crippen molar-refractivity contribution in [1.29, 1.82) is 0 Å². The number of benzene rings is 1.